The first-order valence-electron chi connectivity index (χ1n) is 44.2. The maximum Gasteiger partial charge on any atom is 0.303 e. The molecular formula is C88H126N22O21S. The van der Waals surface area contributed by atoms with E-state index in [9.17, 15) is 63.0 Å². The van der Waals surface area contributed by atoms with Crippen molar-refractivity contribution in [3.8, 4) is 5.75 Å². The number of aliphatic carboxylic acids is 1. The maximum atomic E-state index is 15.8. The smallest absolute Gasteiger partial charge is 0.303 e. The number of primary amides is 2. The average molecular weight is 1860 g/mol. The number of thioether (sulfide) groups is 1. The molecule has 17 amide bonds. The fourth-order valence-electron chi connectivity index (χ4n) is 16.2. The number of carboxylic acid groups (broad SMARTS) is 1. The van der Waals surface area contributed by atoms with Crippen LogP contribution in [0.5, 0.6) is 5.75 Å². The molecule has 0 radical (unpaired) electrons. The van der Waals surface area contributed by atoms with Crippen molar-refractivity contribution >= 4 is 140 Å². The van der Waals surface area contributed by atoms with Gasteiger partial charge in [-0.3, -0.25) is 86.3 Å². The van der Waals surface area contributed by atoms with E-state index in [1.807, 2.05) is 13.8 Å². The maximum absolute atomic E-state index is 15.8. The number of rotatable bonds is 27. The van der Waals surface area contributed by atoms with Crippen LogP contribution in [-0.2, 0) is 106 Å². The zero-order valence-corrected chi connectivity index (χ0v) is 76.1. The lowest BCUT2D eigenvalue weighted by molar-refractivity contribution is -0.149. The third-order valence-electron chi connectivity index (χ3n) is 23.7. The van der Waals surface area contributed by atoms with Crippen molar-refractivity contribution in [3.63, 3.8) is 0 Å². The molecule has 0 unspecified atom stereocenters. The number of amides is 17. The topological polar surface area (TPSA) is 655 Å². The minimum Gasteiger partial charge on any atom is -0.497 e. The SMILES string of the molecule is CCCC[C@H]1C(=O)N(C)[C@@H](CCCC)C(=O)N[C@@H](CCCN)C(=O)N[C@H](C(=O)NCC(N)=O)CSCC(=O)N[C@@H](Cc2ccc(OC)cc2)C(=O)N(C)[C@@H](C)C(=O)N[C@@H](CC(N)=O)C(=O)N2CCC[C@H]2C(=O)N[C@@H](CN)C(=O)N[C@@H](CCC(=O)O)C(=O)N2C[C@H](O)C[C@H]2C(=O)N[C@@H](Cc2c[nH]c3ccccc23)C(=O)N[C@@H](CCN)C(=O)N[C@@H](Cc2c[nH]c3ccccc23)C(=O)N1C. The van der Waals surface area contributed by atoms with E-state index >= 15 is 33.6 Å². The molecule has 3 aliphatic rings. The van der Waals surface area contributed by atoms with Crippen LogP contribution in [0.1, 0.15) is 134 Å². The summed E-state index contributed by atoms with van der Waals surface area (Å²) in [5, 5.41) is 48.7. The number of hydrogen-bond donors (Lipinski definition) is 19. The number of nitrogens with two attached hydrogens (primary N) is 5. The Balaban J connectivity index is 1.19. The quantitative estimate of drug-likeness (QED) is 0.0238. The zero-order chi connectivity index (χ0) is 96.7. The number of benzene rings is 3. The van der Waals surface area contributed by atoms with Crippen LogP contribution < -0.4 is 86.6 Å². The van der Waals surface area contributed by atoms with Gasteiger partial charge in [0.25, 0.3) is 0 Å². The number of carboxylic acids is 1. The van der Waals surface area contributed by atoms with Crippen molar-refractivity contribution < 1.29 is 101 Å². The van der Waals surface area contributed by atoms with Crippen LogP contribution in [0, 0.1) is 0 Å². The first-order valence-corrected chi connectivity index (χ1v) is 45.4. The molecule has 3 aliphatic heterocycles. The van der Waals surface area contributed by atoms with Gasteiger partial charge in [0.05, 0.1) is 31.9 Å². The highest BCUT2D eigenvalue weighted by atomic mass is 32.2. The van der Waals surface area contributed by atoms with Gasteiger partial charge < -0.3 is 131 Å². The van der Waals surface area contributed by atoms with Gasteiger partial charge in [0, 0.05) is 113 Å². The molecule has 8 rings (SSSR count). The summed E-state index contributed by atoms with van der Waals surface area (Å²) in [5.74, 6) is -18.2. The number of aliphatic hydroxyl groups is 1. The molecule has 24 N–H and O–H groups in total. The number of aliphatic hydroxyl groups excluding tert-OH is 1. The van der Waals surface area contributed by atoms with Crippen molar-refractivity contribution in [3.05, 3.63) is 102 Å². The molecule has 5 heterocycles. The zero-order valence-electron chi connectivity index (χ0n) is 75.3. The fraction of sp³-hybridized carbons (Fsp3) is 0.545. The number of aromatic nitrogens is 2. The third kappa shape index (κ3) is 28.8. The number of unbranched alkanes of at least 4 members (excludes halogenated alkanes) is 2. The van der Waals surface area contributed by atoms with Gasteiger partial charge >= 0.3 is 5.97 Å². The summed E-state index contributed by atoms with van der Waals surface area (Å²) in [7, 11) is 5.39. The summed E-state index contributed by atoms with van der Waals surface area (Å²) in [6, 6.07) is -1.45. The predicted octanol–water partition coefficient (Wildman–Crippen LogP) is -3.98. The van der Waals surface area contributed by atoms with E-state index in [0.29, 0.717) is 69.9 Å². The number of methoxy groups -OCH3 is 1. The number of ether oxygens (including phenoxy) is 1. The molecular weight excluding hydrogens is 1730 g/mol. The van der Waals surface area contributed by atoms with Gasteiger partial charge in [-0.05, 0) is 112 Å². The Hall–Kier alpha value is -12.8. The fourth-order valence-corrected chi connectivity index (χ4v) is 17.0. The van der Waals surface area contributed by atoms with E-state index in [-0.39, 0.29) is 83.8 Å². The number of carbonyl (C=O) groups is 18. The van der Waals surface area contributed by atoms with Gasteiger partial charge in [0.15, 0.2) is 0 Å². The predicted molar refractivity (Wildman–Crippen MR) is 485 cm³/mol. The Labute approximate surface area is 767 Å². The van der Waals surface area contributed by atoms with Crippen LogP contribution >= 0.6 is 11.8 Å². The highest BCUT2D eigenvalue weighted by Crippen LogP contribution is 2.28. The van der Waals surface area contributed by atoms with E-state index in [4.69, 9.17) is 33.4 Å². The number of likely N-dealkylation sites (N-methyl/N-ethyl adjacent to an activating group) is 3. The van der Waals surface area contributed by atoms with Crippen molar-refractivity contribution in [2.45, 2.75) is 227 Å². The number of nitrogens with one attached hydrogen (secondary N) is 12. The van der Waals surface area contributed by atoms with Crippen molar-refractivity contribution in [1.82, 2.24) is 87.6 Å². The van der Waals surface area contributed by atoms with Gasteiger partial charge in [-0.25, -0.2) is 0 Å². The molecule has 44 heteroatoms. The number of carbonyl (C=O) groups excluding carboxylic acids is 17. The summed E-state index contributed by atoms with van der Waals surface area (Å²) in [4.78, 5) is 272. The van der Waals surface area contributed by atoms with Crippen LogP contribution in [-0.4, -0.2) is 321 Å². The molecule has 3 saturated heterocycles. The largest absolute Gasteiger partial charge is 0.497 e. The monoisotopic (exact) mass is 1860 g/mol. The van der Waals surface area contributed by atoms with Crippen molar-refractivity contribution in [2.75, 3.05) is 79.0 Å². The Bertz CT molecular complexity index is 4940. The number of H-pyrrole nitrogens is 2. The Morgan fingerprint density at radius 1 is 0.515 bits per heavy atom. The minimum atomic E-state index is -1.83. The molecule has 15 atom stereocenters. The van der Waals surface area contributed by atoms with Gasteiger partial charge in [-0.1, -0.05) is 88.1 Å². The first kappa shape index (κ1) is 105. The van der Waals surface area contributed by atoms with Gasteiger partial charge in [0.1, 0.15) is 90.3 Å². The van der Waals surface area contributed by atoms with E-state index in [2.05, 4.69) is 63.1 Å². The number of aromatic amines is 2. The second-order valence-corrected chi connectivity index (χ2v) is 34.3. The lowest BCUT2D eigenvalue weighted by Crippen LogP contribution is -2.61. The molecule has 3 aromatic carbocycles. The second kappa shape index (κ2) is 50.6. The van der Waals surface area contributed by atoms with Crippen LogP contribution in [0.2, 0.25) is 0 Å². The normalized spacial score (nSPS) is 25.0. The molecule has 2 aromatic heterocycles. The van der Waals surface area contributed by atoms with E-state index < -0.39 is 254 Å². The Morgan fingerprint density at radius 2 is 1.04 bits per heavy atom. The van der Waals surface area contributed by atoms with Crippen molar-refractivity contribution in [1.29, 1.82) is 0 Å². The molecule has 0 spiro atoms. The summed E-state index contributed by atoms with van der Waals surface area (Å²) in [6.45, 7) is 2.61. The van der Waals surface area contributed by atoms with Gasteiger partial charge in [0.2, 0.25) is 100 Å². The molecule has 0 saturated carbocycles. The summed E-state index contributed by atoms with van der Waals surface area (Å²) in [5.41, 5.74) is 32.2. The summed E-state index contributed by atoms with van der Waals surface area (Å²) < 4.78 is 5.33. The Morgan fingerprint density at radius 3 is 1.64 bits per heavy atom. The standard InChI is InChI=1S/C88H126N22O21S/c1-8-10-23-67-81(123)99-58(22-16-33-89)77(119)105-66(76(118)96-44-72(93)113)46-132-47-73(114)97-62(36-49-26-28-53(131-7)29-27-49)84(126)106(4)48(3)75(117)102-64(40-71(92)112)87(129)109-35-17-25-68(109)82(124)104-65(41-91)80(122)100-60(30-31-74(115)116)86(128)110-45-52(111)39-70(110)83(125)101-61(37-50-42-94-56-20-14-12-18-54(50)56)79(121)98-59(32-34-90)78(120)103-63(38-51-43-95-57-21-15-13-19-55(51)57)85(127)108(6)69(24-11-9-2)88(130)107(67)5/h12-15,18-21,26-29,42-43,48,52,58-70,94-95,111H,8-11,16-17,22-25,30-41,44-47,89-91H2,1-7H3,(H2,92,112)(H2,93,113)(H,96,118)(H,97,114)(H,98,121)(H,99,123)(H,100,122)(H,101,125)(H,102,117)(H,103,120)(H,104,124)(H,105,119)(H,115,116)/t48-,52+,58-,59-,60-,61-,62-,63-,64-,65-,66-,67-,68-,69-,70-/m0/s1. The van der Waals surface area contributed by atoms with Crippen LogP contribution in [0.25, 0.3) is 21.8 Å². The lowest BCUT2D eigenvalue weighted by Gasteiger charge is -2.36. The molecule has 3 fully saturated rings. The lowest BCUT2D eigenvalue weighted by atomic mass is 9.99. The van der Waals surface area contributed by atoms with Crippen molar-refractivity contribution in [2.24, 2.45) is 28.7 Å². The van der Waals surface area contributed by atoms with Crippen LogP contribution in [0.15, 0.2) is 85.2 Å². The average Bonchev–Trinajstić information content (AvgIpc) is 1.51. The molecule has 0 aliphatic carbocycles. The molecule has 43 nitrogen and oxygen atoms in total. The Kier molecular flexibility index (Phi) is 40.0. The highest BCUT2D eigenvalue weighted by Gasteiger charge is 2.47. The molecule has 132 heavy (non-hydrogen) atoms. The van der Waals surface area contributed by atoms with E-state index in [1.165, 1.54) is 45.0 Å². The number of nitrogens with zero attached hydrogens (tertiary/aromatic N) is 5. The first-order chi connectivity index (χ1) is 62.9. The summed E-state index contributed by atoms with van der Waals surface area (Å²) >= 11 is 0.790. The van der Waals surface area contributed by atoms with E-state index in [1.54, 1.807) is 85.2 Å². The van der Waals surface area contributed by atoms with Gasteiger partial charge in [-0.15, -0.1) is 11.8 Å². The number of para-hydroxylation sites is 2. The number of fused-ring (bicyclic) bond motifs is 4. The van der Waals surface area contributed by atoms with Gasteiger partial charge in [-0.2, -0.15) is 0 Å². The summed E-state index contributed by atoms with van der Waals surface area (Å²) in [6.07, 6.45) is -0.159. The molecule has 720 valence electrons. The third-order valence-corrected chi connectivity index (χ3v) is 24.8. The van der Waals surface area contributed by atoms with Crippen LogP contribution in [0.3, 0.4) is 0 Å². The highest BCUT2D eigenvalue weighted by molar-refractivity contribution is 8.00. The van der Waals surface area contributed by atoms with E-state index in [0.717, 1.165) is 26.5 Å². The minimum absolute atomic E-state index is 0.00550. The molecule has 5 aromatic rings. The van der Waals surface area contributed by atoms with Crippen LogP contribution in [0.4, 0.5) is 0 Å². The second-order valence-electron chi connectivity index (χ2n) is 33.3. The number of hydrogen-bond acceptors (Lipinski definition) is 24. The molecule has 0 bridgehead atoms.